The van der Waals surface area contributed by atoms with Gasteiger partial charge in [0.15, 0.2) is 0 Å². The van der Waals surface area contributed by atoms with Crippen LogP contribution in [0.5, 0.6) is 0 Å². The number of hydrogen-bond donors (Lipinski definition) is 0. The molecule has 1 aromatic rings. The van der Waals surface area contributed by atoms with Crippen LogP contribution in [0.4, 0.5) is 0 Å². The van der Waals surface area contributed by atoms with Crippen LogP contribution in [-0.2, 0) is 0 Å². The summed E-state index contributed by atoms with van der Waals surface area (Å²) >= 11 is 7.15. The Bertz CT molecular complexity index is 432. The van der Waals surface area contributed by atoms with E-state index in [1.165, 1.54) is 8.95 Å². The van der Waals surface area contributed by atoms with Gasteiger partial charge in [0.05, 0.1) is 0 Å². The fourth-order valence-corrected chi connectivity index (χ4v) is 4.00. The smallest absolute Gasteiger partial charge is 0.0320 e. The van der Waals surface area contributed by atoms with Gasteiger partial charge in [-0.05, 0) is 78.8 Å². The van der Waals surface area contributed by atoms with E-state index in [1.807, 2.05) is 0 Å². The molecule has 0 aliphatic heterocycles. The number of benzene rings is 1. The molecule has 3 aliphatic carbocycles. The summed E-state index contributed by atoms with van der Waals surface area (Å²) in [6, 6.07) is 4.59. The van der Waals surface area contributed by atoms with E-state index in [0.717, 1.165) is 23.7 Å². The van der Waals surface area contributed by atoms with Gasteiger partial charge in [-0.3, -0.25) is 0 Å². The van der Waals surface area contributed by atoms with Crippen LogP contribution in [-0.4, -0.2) is 0 Å². The van der Waals surface area contributed by atoms with E-state index >= 15 is 0 Å². The standard InChI is InChI=1S/C12H8Br2/c13-9-3-7-8(4-10(9)14)12-6-2-1-5(6)11(7)12/h1-6,11-12H. The first-order chi connectivity index (χ1) is 6.77. The van der Waals surface area contributed by atoms with E-state index in [4.69, 9.17) is 0 Å². The molecule has 70 valence electrons. The van der Waals surface area contributed by atoms with Crippen molar-refractivity contribution >= 4 is 31.9 Å². The molecule has 0 nitrogen and oxygen atoms in total. The summed E-state index contributed by atoms with van der Waals surface area (Å²) in [5.41, 5.74) is 3.16. The molecule has 4 atom stereocenters. The Balaban J connectivity index is 1.89. The van der Waals surface area contributed by atoms with Crippen LogP contribution in [0.2, 0.25) is 0 Å². The zero-order valence-corrected chi connectivity index (χ0v) is 10.5. The van der Waals surface area contributed by atoms with Gasteiger partial charge in [0.2, 0.25) is 0 Å². The predicted molar refractivity (Wildman–Crippen MR) is 63.4 cm³/mol. The minimum absolute atomic E-state index is 0.851. The zero-order valence-electron chi connectivity index (χ0n) is 7.37. The lowest BCUT2D eigenvalue weighted by Gasteiger charge is -2.62. The van der Waals surface area contributed by atoms with Crippen LogP contribution in [0.1, 0.15) is 23.0 Å². The van der Waals surface area contributed by atoms with E-state index in [-0.39, 0.29) is 0 Å². The van der Waals surface area contributed by atoms with Crippen molar-refractivity contribution in [1.29, 1.82) is 0 Å². The molecule has 2 heteroatoms. The predicted octanol–water partition coefficient (Wildman–Crippen LogP) is 4.21. The lowest BCUT2D eigenvalue weighted by atomic mass is 9.41. The molecule has 0 radical (unpaired) electrons. The fraction of sp³-hybridized carbons (Fsp3) is 0.333. The lowest BCUT2D eigenvalue weighted by Crippen LogP contribution is -2.52. The molecule has 0 bridgehead atoms. The van der Waals surface area contributed by atoms with Crippen molar-refractivity contribution in [2.75, 3.05) is 0 Å². The number of rotatable bonds is 0. The first-order valence-electron chi connectivity index (χ1n) is 4.94. The summed E-state index contributed by atoms with van der Waals surface area (Å²) in [6.07, 6.45) is 4.76. The van der Waals surface area contributed by atoms with Crippen LogP contribution in [0, 0.1) is 11.8 Å². The third-order valence-corrected chi connectivity index (χ3v) is 5.90. The van der Waals surface area contributed by atoms with Crippen molar-refractivity contribution in [3.05, 3.63) is 44.4 Å². The zero-order chi connectivity index (χ0) is 9.45. The van der Waals surface area contributed by atoms with Crippen molar-refractivity contribution in [3.8, 4) is 0 Å². The molecule has 1 aromatic carbocycles. The fourth-order valence-electron chi connectivity index (χ4n) is 3.28. The second kappa shape index (κ2) is 2.35. The van der Waals surface area contributed by atoms with Crippen molar-refractivity contribution in [2.45, 2.75) is 11.8 Å². The van der Waals surface area contributed by atoms with Crippen LogP contribution in [0.3, 0.4) is 0 Å². The van der Waals surface area contributed by atoms with Gasteiger partial charge in [-0.1, -0.05) is 12.2 Å². The van der Waals surface area contributed by atoms with Crippen LogP contribution >= 0.6 is 31.9 Å². The topological polar surface area (TPSA) is 0 Å². The van der Waals surface area contributed by atoms with E-state index < -0.39 is 0 Å². The maximum Gasteiger partial charge on any atom is 0.0320 e. The first-order valence-corrected chi connectivity index (χ1v) is 6.53. The second-order valence-corrected chi connectivity index (χ2v) is 6.20. The Morgan fingerprint density at radius 2 is 1.21 bits per heavy atom. The highest BCUT2D eigenvalue weighted by atomic mass is 79.9. The third kappa shape index (κ3) is 0.704. The summed E-state index contributed by atoms with van der Waals surface area (Å²) in [4.78, 5) is 0. The number of halogens is 2. The van der Waals surface area contributed by atoms with Crippen LogP contribution in [0.25, 0.3) is 0 Å². The van der Waals surface area contributed by atoms with Crippen molar-refractivity contribution in [2.24, 2.45) is 11.8 Å². The molecular weight excluding hydrogens is 304 g/mol. The first kappa shape index (κ1) is 8.12. The third-order valence-electron chi connectivity index (χ3n) is 4.06. The van der Waals surface area contributed by atoms with Gasteiger partial charge in [-0.25, -0.2) is 0 Å². The van der Waals surface area contributed by atoms with Crippen LogP contribution in [0.15, 0.2) is 33.2 Å². The van der Waals surface area contributed by atoms with Gasteiger partial charge in [-0.2, -0.15) is 0 Å². The van der Waals surface area contributed by atoms with Crippen molar-refractivity contribution in [3.63, 3.8) is 0 Å². The highest BCUT2D eigenvalue weighted by Gasteiger charge is 2.59. The summed E-state index contributed by atoms with van der Waals surface area (Å²) in [5, 5.41) is 0. The van der Waals surface area contributed by atoms with Gasteiger partial charge >= 0.3 is 0 Å². The van der Waals surface area contributed by atoms with Crippen molar-refractivity contribution in [1.82, 2.24) is 0 Å². The highest BCUT2D eigenvalue weighted by molar-refractivity contribution is 9.13. The molecular formula is C12H8Br2. The van der Waals surface area contributed by atoms with E-state index in [0.29, 0.717) is 0 Å². The minimum atomic E-state index is 0.851. The summed E-state index contributed by atoms with van der Waals surface area (Å²) < 4.78 is 2.39. The van der Waals surface area contributed by atoms with Crippen molar-refractivity contribution < 1.29 is 0 Å². The van der Waals surface area contributed by atoms with Gasteiger partial charge in [0, 0.05) is 8.95 Å². The summed E-state index contributed by atoms with van der Waals surface area (Å²) in [6.45, 7) is 0. The van der Waals surface area contributed by atoms with Gasteiger partial charge in [-0.15, -0.1) is 0 Å². The molecule has 1 fully saturated rings. The Labute approximate surface area is 99.6 Å². The Morgan fingerprint density at radius 1 is 0.786 bits per heavy atom. The molecule has 4 unspecified atom stereocenters. The SMILES string of the molecule is Brc1cc2c(cc1Br)C1C3C=CC3C21. The number of hydrogen-bond acceptors (Lipinski definition) is 0. The largest absolute Gasteiger partial charge is 0.0839 e. The van der Waals surface area contributed by atoms with Crippen LogP contribution < -0.4 is 0 Å². The Morgan fingerprint density at radius 3 is 1.57 bits per heavy atom. The van der Waals surface area contributed by atoms with E-state index in [2.05, 4.69) is 56.1 Å². The normalized spacial score (nSPS) is 39.9. The quantitative estimate of drug-likeness (QED) is 0.630. The molecule has 3 aliphatic rings. The van der Waals surface area contributed by atoms with E-state index in [1.54, 1.807) is 11.1 Å². The summed E-state index contributed by atoms with van der Waals surface area (Å²) in [7, 11) is 0. The second-order valence-electron chi connectivity index (χ2n) is 4.49. The average molecular weight is 312 g/mol. The molecule has 0 aromatic heterocycles. The van der Waals surface area contributed by atoms with Gasteiger partial charge < -0.3 is 0 Å². The van der Waals surface area contributed by atoms with Gasteiger partial charge in [0.25, 0.3) is 0 Å². The highest BCUT2D eigenvalue weighted by Crippen LogP contribution is 2.70. The maximum atomic E-state index is 3.57. The molecule has 0 heterocycles. The molecule has 0 N–H and O–H groups in total. The maximum absolute atomic E-state index is 3.57. The summed E-state index contributed by atoms with van der Waals surface area (Å²) in [5.74, 6) is 3.45. The van der Waals surface area contributed by atoms with Gasteiger partial charge in [0.1, 0.15) is 0 Å². The number of allylic oxidation sites excluding steroid dienone is 2. The average Bonchev–Trinajstić information content (AvgIpc) is 2.14. The molecule has 0 amide bonds. The molecule has 0 saturated heterocycles. The Hall–Kier alpha value is -0.0800. The lowest BCUT2D eigenvalue weighted by molar-refractivity contribution is 0.110. The minimum Gasteiger partial charge on any atom is -0.0839 e. The molecule has 14 heavy (non-hydrogen) atoms. The monoisotopic (exact) mass is 310 g/mol. The van der Waals surface area contributed by atoms with E-state index in [9.17, 15) is 0 Å². The Kier molecular flexibility index (Phi) is 1.37. The molecule has 4 rings (SSSR count). The molecule has 1 saturated carbocycles. The molecule has 0 spiro atoms. The number of fused-ring (bicyclic) bond motifs is 7.